The van der Waals surface area contributed by atoms with E-state index in [4.69, 9.17) is 0 Å². The van der Waals surface area contributed by atoms with E-state index in [0.717, 1.165) is 27.5 Å². The summed E-state index contributed by atoms with van der Waals surface area (Å²) in [5, 5.41) is 10.1. The topological polar surface area (TPSA) is 66.5 Å². The van der Waals surface area contributed by atoms with Gasteiger partial charge >= 0.3 is 0 Å². The quantitative estimate of drug-likeness (QED) is 0.847. The number of hydrogen-bond acceptors (Lipinski definition) is 4. The Labute approximate surface area is 102 Å². The molecule has 0 bridgehead atoms. The normalized spacial score (nSPS) is 10.4. The van der Waals surface area contributed by atoms with Crippen LogP contribution in [0, 0.1) is 13.8 Å². The third kappa shape index (κ3) is 2.57. The summed E-state index contributed by atoms with van der Waals surface area (Å²) in [6.45, 7) is 4.55. The maximum absolute atomic E-state index is 4.28. The maximum Gasteiger partial charge on any atom is 0.131 e. The van der Waals surface area contributed by atoms with Crippen molar-refractivity contribution < 1.29 is 0 Å². The summed E-state index contributed by atoms with van der Waals surface area (Å²) in [6.07, 6.45) is 1.81. The molecule has 0 aliphatic rings. The van der Waals surface area contributed by atoms with Crippen molar-refractivity contribution in [2.75, 3.05) is 5.32 Å². The van der Waals surface area contributed by atoms with Gasteiger partial charge < -0.3 is 5.32 Å². The molecule has 16 heavy (non-hydrogen) atoms. The predicted octanol–water partition coefficient (Wildman–Crippen LogP) is 2.19. The minimum absolute atomic E-state index is 0.700. The monoisotopic (exact) mass is 281 g/mol. The summed E-state index contributed by atoms with van der Waals surface area (Å²) >= 11 is 3.34. The molecule has 0 aliphatic carbocycles. The van der Waals surface area contributed by atoms with E-state index in [-0.39, 0.29) is 0 Å². The molecule has 2 rings (SSSR count). The smallest absolute Gasteiger partial charge is 0.131 e. The molecule has 0 radical (unpaired) electrons. The van der Waals surface area contributed by atoms with Crippen LogP contribution in [-0.4, -0.2) is 20.2 Å². The van der Waals surface area contributed by atoms with Gasteiger partial charge in [0, 0.05) is 23.9 Å². The highest BCUT2D eigenvalue weighted by molar-refractivity contribution is 9.10. The van der Waals surface area contributed by atoms with E-state index in [1.54, 1.807) is 0 Å². The SMILES string of the molecule is Cc1nc(Br)cc(NCc2cn[nH]c2C)n1. The van der Waals surface area contributed by atoms with E-state index in [1.165, 1.54) is 0 Å². The van der Waals surface area contributed by atoms with Crippen LogP contribution >= 0.6 is 15.9 Å². The van der Waals surface area contributed by atoms with Crippen LogP contribution < -0.4 is 5.32 Å². The highest BCUT2D eigenvalue weighted by Gasteiger charge is 2.02. The lowest BCUT2D eigenvalue weighted by molar-refractivity contribution is 1.00. The molecular formula is C10H12BrN5. The Morgan fingerprint density at radius 1 is 1.38 bits per heavy atom. The first-order valence-electron chi connectivity index (χ1n) is 4.89. The van der Waals surface area contributed by atoms with Crippen molar-refractivity contribution in [2.24, 2.45) is 0 Å². The fourth-order valence-electron chi connectivity index (χ4n) is 1.36. The minimum atomic E-state index is 0.700. The average Bonchev–Trinajstić information content (AvgIpc) is 2.59. The Balaban J connectivity index is 2.07. The summed E-state index contributed by atoms with van der Waals surface area (Å²) in [5.41, 5.74) is 2.20. The van der Waals surface area contributed by atoms with E-state index in [0.29, 0.717) is 6.54 Å². The molecule has 84 valence electrons. The van der Waals surface area contributed by atoms with Crippen molar-refractivity contribution in [1.82, 2.24) is 20.2 Å². The molecule has 0 fully saturated rings. The number of nitrogens with one attached hydrogen (secondary N) is 2. The van der Waals surface area contributed by atoms with E-state index >= 15 is 0 Å². The molecule has 0 saturated heterocycles. The molecule has 0 aromatic carbocycles. The first-order valence-corrected chi connectivity index (χ1v) is 5.68. The van der Waals surface area contributed by atoms with Crippen molar-refractivity contribution in [3.05, 3.63) is 33.9 Å². The van der Waals surface area contributed by atoms with Crippen molar-refractivity contribution in [2.45, 2.75) is 20.4 Å². The zero-order valence-electron chi connectivity index (χ0n) is 9.08. The van der Waals surface area contributed by atoms with Crippen LogP contribution in [0.3, 0.4) is 0 Å². The second-order valence-electron chi connectivity index (χ2n) is 3.50. The molecular weight excluding hydrogens is 270 g/mol. The molecule has 6 heteroatoms. The first-order chi connectivity index (χ1) is 7.65. The number of anilines is 1. The van der Waals surface area contributed by atoms with Crippen LogP contribution in [0.25, 0.3) is 0 Å². The van der Waals surface area contributed by atoms with Gasteiger partial charge in [0.05, 0.1) is 6.20 Å². The first kappa shape index (κ1) is 11.1. The highest BCUT2D eigenvalue weighted by atomic mass is 79.9. The molecule has 2 heterocycles. The third-order valence-electron chi connectivity index (χ3n) is 2.20. The number of H-pyrrole nitrogens is 1. The zero-order chi connectivity index (χ0) is 11.5. The van der Waals surface area contributed by atoms with Crippen molar-refractivity contribution in [3.8, 4) is 0 Å². The van der Waals surface area contributed by atoms with Gasteiger partial charge in [-0.25, -0.2) is 9.97 Å². The average molecular weight is 282 g/mol. The number of aryl methyl sites for hydroxylation is 2. The van der Waals surface area contributed by atoms with E-state index in [9.17, 15) is 0 Å². The maximum atomic E-state index is 4.28. The van der Waals surface area contributed by atoms with E-state index < -0.39 is 0 Å². The molecule has 0 aliphatic heterocycles. The summed E-state index contributed by atoms with van der Waals surface area (Å²) in [7, 11) is 0. The second kappa shape index (κ2) is 4.61. The van der Waals surface area contributed by atoms with E-state index in [1.807, 2.05) is 26.1 Å². The Bertz CT molecular complexity index is 473. The number of aromatic nitrogens is 4. The number of aromatic amines is 1. The van der Waals surface area contributed by atoms with Crippen LogP contribution in [0.4, 0.5) is 5.82 Å². The van der Waals surface area contributed by atoms with Gasteiger partial charge in [0.25, 0.3) is 0 Å². The van der Waals surface area contributed by atoms with Crippen LogP contribution in [0.15, 0.2) is 16.9 Å². The highest BCUT2D eigenvalue weighted by Crippen LogP contribution is 2.13. The molecule has 5 nitrogen and oxygen atoms in total. The molecule has 0 saturated carbocycles. The van der Waals surface area contributed by atoms with Crippen molar-refractivity contribution >= 4 is 21.7 Å². The van der Waals surface area contributed by atoms with Crippen LogP contribution in [0.2, 0.25) is 0 Å². The van der Waals surface area contributed by atoms with Gasteiger partial charge in [-0.1, -0.05) is 0 Å². The molecule has 0 spiro atoms. The van der Waals surface area contributed by atoms with Gasteiger partial charge in [0.15, 0.2) is 0 Å². The van der Waals surface area contributed by atoms with Gasteiger partial charge in [-0.05, 0) is 29.8 Å². The number of rotatable bonds is 3. The number of halogens is 1. The Morgan fingerprint density at radius 2 is 2.19 bits per heavy atom. The van der Waals surface area contributed by atoms with Crippen molar-refractivity contribution in [1.29, 1.82) is 0 Å². The standard InChI is InChI=1S/C10H12BrN5/c1-6-8(5-13-16-6)4-12-10-3-9(11)14-7(2)15-10/h3,5H,4H2,1-2H3,(H,13,16)(H,12,14,15). The molecule has 2 aromatic rings. The summed E-state index contributed by atoms with van der Waals surface area (Å²) in [6, 6.07) is 1.85. The Morgan fingerprint density at radius 3 is 2.81 bits per heavy atom. The lowest BCUT2D eigenvalue weighted by Gasteiger charge is -2.05. The van der Waals surface area contributed by atoms with E-state index in [2.05, 4.69) is 41.4 Å². The lowest BCUT2D eigenvalue weighted by atomic mass is 10.2. The molecule has 0 amide bonds. The summed E-state index contributed by atoms with van der Waals surface area (Å²) in [5.74, 6) is 1.54. The largest absolute Gasteiger partial charge is 0.366 e. The van der Waals surface area contributed by atoms with Crippen LogP contribution in [0.1, 0.15) is 17.1 Å². The molecule has 0 unspecified atom stereocenters. The van der Waals surface area contributed by atoms with Crippen LogP contribution in [0.5, 0.6) is 0 Å². The Kier molecular flexibility index (Phi) is 3.19. The molecule has 2 N–H and O–H groups in total. The zero-order valence-corrected chi connectivity index (χ0v) is 10.7. The van der Waals surface area contributed by atoms with Crippen molar-refractivity contribution in [3.63, 3.8) is 0 Å². The van der Waals surface area contributed by atoms with Gasteiger partial charge in [0.1, 0.15) is 16.2 Å². The third-order valence-corrected chi connectivity index (χ3v) is 2.61. The fraction of sp³-hybridized carbons (Fsp3) is 0.300. The molecule has 2 aromatic heterocycles. The lowest BCUT2D eigenvalue weighted by Crippen LogP contribution is -2.03. The summed E-state index contributed by atoms with van der Waals surface area (Å²) in [4.78, 5) is 8.42. The second-order valence-corrected chi connectivity index (χ2v) is 4.31. The van der Waals surface area contributed by atoms with Gasteiger partial charge in [-0.15, -0.1) is 0 Å². The number of nitrogens with zero attached hydrogens (tertiary/aromatic N) is 3. The molecule has 0 atom stereocenters. The van der Waals surface area contributed by atoms with Gasteiger partial charge in [-0.3, -0.25) is 5.10 Å². The minimum Gasteiger partial charge on any atom is -0.366 e. The van der Waals surface area contributed by atoms with Gasteiger partial charge in [-0.2, -0.15) is 5.10 Å². The predicted molar refractivity (Wildman–Crippen MR) is 65.1 cm³/mol. The summed E-state index contributed by atoms with van der Waals surface area (Å²) < 4.78 is 0.784. The Hall–Kier alpha value is -1.43. The number of hydrogen-bond donors (Lipinski definition) is 2. The van der Waals surface area contributed by atoms with Crippen LogP contribution in [-0.2, 0) is 6.54 Å². The van der Waals surface area contributed by atoms with Gasteiger partial charge in [0.2, 0.25) is 0 Å². The fourth-order valence-corrected chi connectivity index (χ4v) is 1.83.